The monoisotopic (exact) mass is 475 g/mol. The fourth-order valence-corrected chi connectivity index (χ4v) is 4.35. The molecule has 4 heterocycles. The highest BCUT2D eigenvalue weighted by Gasteiger charge is 2.29. The lowest BCUT2D eigenvalue weighted by Crippen LogP contribution is -2.36. The van der Waals surface area contributed by atoms with E-state index in [1.54, 1.807) is 19.2 Å². The van der Waals surface area contributed by atoms with E-state index in [2.05, 4.69) is 36.0 Å². The number of fused-ring (bicyclic) bond motifs is 2. The number of halogens is 3. The highest BCUT2D eigenvalue weighted by molar-refractivity contribution is 5.89. The van der Waals surface area contributed by atoms with Gasteiger partial charge >= 0.3 is 0 Å². The SMILES string of the molecule is CNc1nc(NC2CCC(C)(O)CC2)nn2cc(F)c(-c3ccc4nnn(CC(F)F)c4n3)c12. The minimum Gasteiger partial charge on any atom is -0.390 e. The van der Waals surface area contributed by atoms with E-state index >= 15 is 4.39 Å². The van der Waals surface area contributed by atoms with Crippen LogP contribution in [0, 0.1) is 5.82 Å². The molecule has 0 aromatic carbocycles. The summed E-state index contributed by atoms with van der Waals surface area (Å²) in [6.45, 7) is 1.17. The van der Waals surface area contributed by atoms with Crippen LogP contribution in [0.3, 0.4) is 0 Å². The summed E-state index contributed by atoms with van der Waals surface area (Å²) in [5.41, 5.74) is 0.520. The highest BCUT2D eigenvalue weighted by atomic mass is 19.3. The van der Waals surface area contributed by atoms with Crippen LogP contribution in [0.2, 0.25) is 0 Å². The van der Waals surface area contributed by atoms with Crippen LogP contribution >= 0.6 is 0 Å². The van der Waals surface area contributed by atoms with Gasteiger partial charge in [-0.1, -0.05) is 5.21 Å². The van der Waals surface area contributed by atoms with Crippen LogP contribution in [0.25, 0.3) is 27.9 Å². The number of nitrogens with one attached hydrogen (secondary N) is 2. The van der Waals surface area contributed by atoms with E-state index in [0.717, 1.165) is 17.5 Å². The fraction of sp³-hybridized carbons (Fsp3) is 0.476. The normalized spacial score (nSPS) is 21.0. The van der Waals surface area contributed by atoms with Gasteiger partial charge in [-0.25, -0.2) is 27.4 Å². The molecule has 0 aliphatic heterocycles. The molecule has 0 bridgehead atoms. The van der Waals surface area contributed by atoms with Crippen molar-refractivity contribution < 1.29 is 18.3 Å². The molecule has 13 heteroatoms. The molecule has 1 aliphatic rings. The molecule has 180 valence electrons. The molecular formula is C21H24F3N9O. The Morgan fingerprint density at radius 2 is 2.00 bits per heavy atom. The van der Waals surface area contributed by atoms with E-state index in [0.29, 0.717) is 35.6 Å². The number of hydrogen-bond donors (Lipinski definition) is 3. The van der Waals surface area contributed by atoms with E-state index in [1.807, 2.05) is 6.92 Å². The Morgan fingerprint density at radius 1 is 1.24 bits per heavy atom. The van der Waals surface area contributed by atoms with Gasteiger partial charge in [0, 0.05) is 13.1 Å². The minimum absolute atomic E-state index is 0.0916. The Labute approximate surface area is 192 Å². The third-order valence-corrected chi connectivity index (χ3v) is 6.14. The summed E-state index contributed by atoms with van der Waals surface area (Å²) in [4.78, 5) is 8.89. The zero-order valence-corrected chi connectivity index (χ0v) is 18.6. The molecular weight excluding hydrogens is 451 g/mol. The first-order chi connectivity index (χ1) is 16.2. The van der Waals surface area contributed by atoms with Crippen LogP contribution in [0.5, 0.6) is 0 Å². The van der Waals surface area contributed by atoms with Gasteiger partial charge < -0.3 is 15.7 Å². The van der Waals surface area contributed by atoms with Crippen LogP contribution in [0.4, 0.5) is 24.9 Å². The lowest BCUT2D eigenvalue weighted by atomic mass is 9.84. The number of anilines is 2. The number of rotatable bonds is 6. The molecule has 1 saturated carbocycles. The summed E-state index contributed by atoms with van der Waals surface area (Å²) in [7, 11) is 1.66. The maximum atomic E-state index is 15.2. The van der Waals surface area contributed by atoms with Crippen molar-refractivity contribution in [3.8, 4) is 11.3 Å². The Hall–Kier alpha value is -3.48. The largest absolute Gasteiger partial charge is 0.390 e. The third kappa shape index (κ3) is 4.11. The average molecular weight is 475 g/mol. The maximum absolute atomic E-state index is 15.2. The van der Waals surface area contributed by atoms with E-state index in [4.69, 9.17) is 0 Å². The second-order valence-corrected chi connectivity index (χ2v) is 8.80. The standard InChI is InChI=1S/C21H24F3N9O/c1-21(34)7-5-11(6-8-21)26-20-28-18(25-2)17-16(12(22)9-32(17)30-20)13-3-4-14-19(27-13)33(31-29-14)10-15(23)24/h3-4,9,11,15,34H,5-8,10H2,1-2H3,(H2,25,26,28,30). The molecule has 0 amide bonds. The molecule has 0 unspecified atom stereocenters. The van der Waals surface area contributed by atoms with Crippen LogP contribution < -0.4 is 10.6 Å². The average Bonchev–Trinajstić information content (AvgIpc) is 3.33. The minimum atomic E-state index is -2.63. The van der Waals surface area contributed by atoms with Crippen molar-refractivity contribution in [2.75, 3.05) is 17.7 Å². The Morgan fingerprint density at radius 3 is 2.71 bits per heavy atom. The van der Waals surface area contributed by atoms with Gasteiger partial charge in [0.05, 0.1) is 23.1 Å². The summed E-state index contributed by atoms with van der Waals surface area (Å²) >= 11 is 0. The van der Waals surface area contributed by atoms with Gasteiger partial charge in [0.2, 0.25) is 5.95 Å². The van der Waals surface area contributed by atoms with Gasteiger partial charge in [-0.05, 0) is 44.7 Å². The van der Waals surface area contributed by atoms with Crippen molar-refractivity contribution in [3.63, 3.8) is 0 Å². The number of pyridine rings is 1. The summed E-state index contributed by atoms with van der Waals surface area (Å²) in [6.07, 6.45) is 1.45. The highest BCUT2D eigenvalue weighted by Crippen LogP contribution is 2.34. The van der Waals surface area contributed by atoms with Crippen molar-refractivity contribution >= 4 is 28.4 Å². The van der Waals surface area contributed by atoms with Crippen molar-refractivity contribution in [3.05, 3.63) is 24.1 Å². The van der Waals surface area contributed by atoms with E-state index in [9.17, 15) is 13.9 Å². The molecule has 1 aliphatic carbocycles. The predicted molar refractivity (Wildman–Crippen MR) is 119 cm³/mol. The zero-order chi connectivity index (χ0) is 24.0. The molecule has 34 heavy (non-hydrogen) atoms. The molecule has 0 atom stereocenters. The molecule has 0 radical (unpaired) electrons. The van der Waals surface area contributed by atoms with E-state index < -0.39 is 24.4 Å². The number of alkyl halides is 2. The molecule has 5 rings (SSSR count). The number of aromatic nitrogens is 7. The van der Waals surface area contributed by atoms with Gasteiger partial charge in [0.25, 0.3) is 6.43 Å². The van der Waals surface area contributed by atoms with Crippen molar-refractivity contribution in [1.82, 2.24) is 34.6 Å². The van der Waals surface area contributed by atoms with Crippen LogP contribution in [0.1, 0.15) is 32.6 Å². The van der Waals surface area contributed by atoms with Crippen LogP contribution in [-0.2, 0) is 6.54 Å². The number of aliphatic hydroxyl groups is 1. The molecule has 3 N–H and O–H groups in total. The second-order valence-electron chi connectivity index (χ2n) is 8.80. The van der Waals surface area contributed by atoms with Crippen molar-refractivity contribution in [1.29, 1.82) is 0 Å². The lowest BCUT2D eigenvalue weighted by Gasteiger charge is -2.33. The number of hydrogen-bond acceptors (Lipinski definition) is 8. The molecule has 0 spiro atoms. The van der Waals surface area contributed by atoms with E-state index in [1.165, 1.54) is 10.7 Å². The van der Waals surface area contributed by atoms with Gasteiger partial charge in [-0.3, -0.25) is 0 Å². The fourth-order valence-electron chi connectivity index (χ4n) is 4.35. The summed E-state index contributed by atoms with van der Waals surface area (Å²) < 4.78 is 43.3. The van der Waals surface area contributed by atoms with Crippen molar-refractivity contribution in [2.24, 2.45) is 0 Å². The lowest BCUT2D eigenvalue weighted by molar-refractivity contribution is 0.0195. The Kier molecular flexibility index (Phi) is 5.50. The Balaban J connectivity index is 1.53. The maximum Gasteiger partial charge on any atom is 0.258 e. The molecule has 1 fully saturated rings. The summed E-state index contributed by atoms with van der Waals surface area (Å²) in [5.74, 6) is 0.115. The Bertz CT molecular complexity index is 1340. The first-order valence-electron chi connectivity index (χ1n) is 11.0. The van der Waals surface area contributed by atoms with Gasteiger partial charge in [0.1, 0.15) is 17.6 Å². The quantitative estimate of drug-likeness (QED) is 0.389. The van der Waals surface area contributed by atoms with Gasteiger partial charge in [0.15, 0.2) is 17.3 Å². The molecule has 4 aromatic rings. The van der Waals surface area contributed by atoms with Gasteiger partial charge in [-0.2, -0.15) is 4.98 Å². The first kappa shape index (κ1) is 22.3. The summed E-state index contributed by atoms with van der Waals surface area (Å²) in [5, 5.41) is 28.4. The number of nitrogens with zero attached hydrogens (tertiary/aromatic N) is 7. The molecule has 10 nitrogen and oxygen atoms in total. The predicted octanol–water partition coefficient (Wildman–Crippen LogP) is 3.09. The molecule has 0 saturated heterocycles. The first-order valence-corrected chi connectivity index (χ1v) is 11.0. The van der Waals surface area contributed by atoms with E-state index in [-0.39, 0.29) is 22.9 Å². The topological polar surface area (TPSA) is 118 Å². The van der Waals surface area contributed by atoms with Gasteiger partial charge in [-0.15, -0.1) is 10.2 Å². The third-order valence-electron chi connectivity index (χ3n) is 6.14. The second kappa shape index (κ2) is 8.38. The smallest absolute Gasteiger partial charge is 0.258 e. The van der Waals surface area contributed by atoms with Crippen LogP contribution in [-0.4, -0.2) is 64.8 Å². The van der Waals surface area contributed by atoms with Crippen molar-refractivity contribution in [2.45, 2.75) is 57.2 Å². The van der Waals surface area contributed by atoms with Crippen LogP contribution in [0.15, 0.2) is 18.3 Å². The molecule has 4 aromatic heterocycles. The zero-order valence-electron chi connectivity index (χ0n) is 18.6. The summed E-state index contributed by atoms with van der Waals surface area (Å²) in [6, 6.07) is 3.21.